The highest BCUT2D eigenvalue weighted by Crippen LogP contribution is 2.45. The van der Waals surface area contributed by atoms with E-state index < -0.39 is 52.8 Å². The second kappa shape index (κ2) is 10.5. The van der Waals surface area contributed by atoms with Crippen molar-refractivity contribution >= 4 is 58.1 Å². The van der Waals surface area contributed by atoms with Crippen LogP contribution in [0.1, 0.15) is 33.1 Å². The van der Waals surface area contributed by atoms with Crippen molar-refractivity contribution in [1.82, 2.24) is 4.57 Å². The maximum Gasteiger partial charge on any atom is 0.303 e. The summed E-state index contributed by atoms with van der Waals surface area (Å²) in [5.41, 5.74) is 0.760. The van der Waals surface area contributed by atoms with Gasteiger partial charge < -0.3 is 23.5 Å². The number of carbonyl (C=O) groups is 4. The van der Waals surface area contributed by atoms with E-state index in [1.807, 2.05) is 16.7 Å². The third kappa shape index (κ3) is 5.80. The number of hydrogen-bond donors (Lipinski definition) is 0. The Morgan fingerprint density at radius 3 is 2.09 bits per heavy atom. The van der Waals surface area contributed by atoms with Crippen molar-refractivity contribution in [3.63, 3.8) is 0 Å². The quantitative estimate of drug-likeness (QED) is 0.438. The van der Waals surface area contributed by atoms with Crippen molar-refractivity contribution in [2.45, 2.75) is 56.6 Å². The molecule has 0 aliphatic carbocycles. The zero-order valence-electron chi connectivity index (χ0n) is 18.5. The molecule has 33 heavy (non-hydrogen) atoms. The molecule has 2 heterocycles. The number of carbonyl (C=O) groups excluding carboxylic acids is 4. The van der Waals surface area contributed by atoms with Gasteiger partial charge in [0, 0.05) is 44.3 Å². The third-order valence-corrected chi connectivity index (χ3v) is 6.81. The summed E-state index contributed by atoms with van der Waals surface area (Å²) in [5.74, 6) is -2.38. The van der Waals surface area contributed by atoms with Crippen LogP contribution in [-0.2, 0) is 38.1 Å². The first kappa shape index (κ1) is 24.9. The lowest BCUT2D eigenvalue weighted by molar-refractivity contribution is -0.187. The lowest BCUT2D eigenvalue weighted by Crippen LogP contribution is -2.57. The number of benzene rings is 1. The molecular formula is C22H24ClNO8S. The van der Waals surface area contributed by atoms with Gasteiger partial charge in [0.15, 0.2) is 18.3 Å². The highest BCUT2D eigenvalue weighted by atomic mass is 35.5. The fraction of sp³-hybridized carbons (Fsp3) is 0.455. The van der Waals surface area contributed by atoms with Crippen molar-refractivity contribution in [3.8, 4) is 0 Å². The Labute approximate surface area is 199 Å². The fourth-order valence-corrected chi connectivity index (χ4v) is 5.59. The Morgan fingerprint density at radius 1 is 0.879 bits per heavy atom. The average molecular weight is 498 g/mol. The minimum atomic E-state index is -1.14. The minimum absolute atomic E-state index is 0.112. The maximum atomic E-state index is 12.0. The van der Waals surface area contributed by atoms with Crippen molar-refractivity contribution < 1.29 is 38.1 Å². The van der Waals surface area contributed by atoms with Gasteiger partial charge in [0.1, 0.15) is 12.0 Å². The Balaban J connectivity index is 2.13. The van der Waals surface area contributed by atoms with E-state index in [-0.39, 0.29) is 6.61 Å². The Hall–Kier alpha value is -2.72. The molecule has 0 saturated carbocycles. The van der Waals surface area contributed by atoms with Crippen LogP contribution in [0.25, 0.3) is 10.9 Å². The molecule has 3 rings (SSSR count). The van der Waals surface area contributed by atoms with Crippen LogP contribution in [0.5, 0.6) is 0 Å². The molecule has 5 atom stereocenters. The lowest BCUT2D eigenvalue weighted by atomic mass is 10.0. The number of thioether (sulfide) groups is 1. The molecule has 0 bridgehead atoms. The summed E-state index contributed by atoms with van der Waals surface area (Å²) >= 11 is 7.61. The van der Waals surface area contributed by atoms with Crippen LogP contribution >= 0.6 is 23.4 Å². The van der Waals surface area contributed by atoms with Crippen molar-refractivity contribution in [1.29, 1.82) is 0 Å². The topological polar surface area (TPSA) is 110 Å². The van der Waals surface area contributed by atoms with Gasteiger partial charge in [-0.05, 0) is 18.2 Å². The van der Waals surface area contributed by atoms with E-state index in [0.29, 0.717) is 5.02 Å². The highest BCUT2D eigenvalue weighted by molar-refractivity contribution is 8.00. The number of esters is 4. The van der Waals surface area contributed by atoms with Crippen LogP contribution in [0.3, 0.4) is 0 Å². The molecule has 178 valence electrons. The summed E-state index contributed by atoms with van der Waals surface area (Å²) in [5, 5.41) is 0.100. The average Bonchev–Trinajstić information content (AvgIpc) is 3.14. The van der Waals surface area contributed by atoms with Crippen LogP contribution in [0.15, 0.2) is 30.5 Å². The van der Waals surface area contributed by atoms with Gasteiger partial charge in [0.25, 0.3) is 0 Å². The van der Waals surface area contributed by atoms with Gasteiger partial charge in [0.2, 0.25) is 0 Å². The molecule has 1 aliphatic rings. The summed E-state index contributed by atoms with van der Waals surface area (Å²) in [6.45, 7) is 4.81. The van der Waals surface area contributed by atoms with Gasteiger partial charge >= 0.3 is 23.9 Å². The van der Waals surface area contributed by atoms with Gasteiger partial charge in [-0.2, -0.15) is 0 Å². The predicted octanol–water partition coefficient (Wildman–Crippen LogP) is 3.27. The second-order valence-electron chi connectivity index (χ2n) is 7.49. The third-order valence-electron chi connectivity index (χ3n) is 4.95. The number of aromatic nitrogens is 1. The van der Waals surface area contributed by atoms with Crippen molar-refractivity contribution in [3.05, 3.63) is 35.5 Å². The molecular weight excluding hydrogens is 474 g/mol. The molecule has 1 aromatic heterocycles. The number of hydrogen-bond acceptors (Lipinski definition) is 9. The zero-order chi connectivity index (χ0) is 24.3. The molecule has 0 unspecified atom stereocenters. The number of halogens is 1. The van der Waals surface area contributed by atoms with E-state index in [1.54, 1.807) is 18.3 Å². The lowest BCUT2D eigenvalue weighted by Gasteiger charge is -2.44. The van der Waals surface area contributed by atoms with Gasteiger partial charge in [0.05, 0.1) is 10.8 Å². The number of ether oxygens (including phenoxy) is 4. The van der Waals surface area contributed by atoms with Crippen LogP contribution in [0.2, 0.25) is 5.02 Å². The standard InChI is InChI=1S/C22H24ClNO8S/c1-11(25)29-10-18-19(30-12(2)26)20(31-13(3)27)21(32-14(4)28)22(33-18)24-9-8-15-16(23)6-5-7-17(15)24/h5-9,18-22H,10H2,1-4H3/t18-,19-,20+,21-,22-/m1/s1. The Kier molecular flexibility index (Phi) is 7.91. The van der Waals surface area contributed by atoms with Crippen molar-refractivity contribution in [2.75, 3.05) is 6.61 Å². The molecule has 1 aliphatic heterocycles. The molecule has 0 amide bonds. The summed E-state index contributed by atoms with van der Waals surface area (Å²) in [4.78, 5) is 47.4. The summed E-state index contributed by atoms with van der Waals surface area (Å²) in [6, 6.07) is 7.22. The molecule has 9 nitrogen and oxygen atoms in total. The Bertz CT molecular complexity index is 1070. The largest absolute Gasteiger partial charge is 0.465 e. The molecule has 11 heteroatoms. The van der Waals surface area contributed by atoms with Crippen LogP contribution in [-0.4, -0.2) is 58.6 Å². The van der Waals surface area contributed by atoms with Crippen molar-refractivity contribution in [2.24, 2.45) is 0 Å². The maximum absolute atomic E-state index is 12.0. The van der Waals surface area contributed by atoms with Gasteiger partial charge in [-0.1, -0.05) is 17.7 Å². The van der Waals surface area contributed by atoms with E-state index in [4.69, 9.17) is 30.5 Å². The molecule has 1 fully saturated rings. The fourth-order valence-electron chi connectivity index (χ4n) is 3.80. The number of fused-ring (bicyclic) bond motifs is 1. The van der Waals surface area contributed by atoms with Gasteiger partial charge in [-0.15, -0.1) is 11.8 Å². The molecule has 1 saturated heterocycles. The molecule has 1 aromatic carbocycles. The predicted molar refractivity (Wildman–Crippen MR) is 121 cm³/mol. The van der Waals surface area contributed by atoms with Gasteiger partial charge in [-0.3, -0.25) is 19.2 Å². The van der Waals surface area contributed by atoms with E-state index in [9.17, 15) is 19.2 Å². The molecule has 0 N–H and O–H groups in total. The summed E-state index contributed by atoms with van der Waals surface area (Å²) in [6.07, 6.45) is -1.39. The monoisotopic (exact) mass is 497 g/mol. The molecule has 0 radical (unpaired) electrons. The smallest absolute Gasteiger partial charge is 0.303 e. The minimum Gasteiger partial charge on any atom is -0.465 e. The van der Waals surface area contributed by atoms with Gasteiger partial charge in [-0.25, -0.2) is 0 Å². The normalized spacial score (nSPS) is 24.7. The van der Waals surface area contributed by atoms with Crippen LogP contribution in [0, 0.1) is 0 Å². The van der Waals surface area contributed by atoms with E-state index in [1.165, 1.54) is 39.5 Å². The second-order valence-corrected chi connectivity index (χ2v) is 9.25. The van der Waals surface area contributed by atoms with E-state index >= 15 is 0 Å². The first-order chi connectivity index (χ1) is 15.6. The molecule has 0 spiro atoms. The number of rotatable bonds is 6. The molecule has 2 aromatic rings. The highest BCUT2D eigenvalue weighted by Gasteiger charge is 2.52. The summed E-state index contributed by atoms with van der Waals surface area (Å²) in [7, 11) is 0. The van der Waals surface area contributed by atoms with E-state index in [0.717, 1.165) is 10.9 Å². The Morgan fingerprint density at radius 2 is 1.48 bits per heavy atom. The SMILES string of the molecule is CC(=O)OC[C@H]1S[C@@H](n2ccc3c(Cl)cccc32)[C@H](OC(C)=O)[C@@H](OC(C)=O)[C@@H]1OC(C)=O. The zero-order valence-corrected chi connectivity index (χ0v) is 20.1. The van der Waals surface area contributed by atoms with Crippen LogP contribution in [0.4, 0.5) is 0 Å². The van der Waals surface area contributed by atoms with E-state index in [2.05, 4.69) is 0 Å². The summed E-state index contributed by atoms with van der Waals surface area (Å²) < 4.78 is 23.7. The first-order valence-electron chi connectivity index (χ1n) is 10.1. The first-order valence-corrected chi connectivity index (χ1v) is 11.5. The number of nitrogens with zero attached hydrogens (tertiary/aromatic N) is 1. The van der Waals surface area contributed by atoms with Crippen LogP contribution < -0.4 is 0 Å².